The standard InChI is InChI=1S/C23H23NO2S/c1-2-24(19-10-14-21(26)15-11-19)23(27)22(16-17-6-4-3-5-7-17)18-8-12-20(25)13-9-18/h3-15,22,25-26H,2,16H2,1H3. The lowest BCUT2D eigenvalue weighted by molar-refractivity contribution is 0.474. The summed E-state index contributed by atoms with van der Waals surface area (Å²) in [5, 5.41) is 19.2. The molecule has 1 unspecified atom stereocenters. The summed E-state index contributed by atoms with van der Waals surface area (Å²) in [7, 11) is 0. The molecule has 0 saturated heterocycles. The van der Waals surface area contributed by atoms with Crippen LogP contribution in [0.25, 0.3) is 0 Å². The summed E-state index contributed by atoms with van der Waals surface area (Å²) in [6, 6.07) is 24.6. The van der Waals surface area contributed by atoms with Crippen LogP contribution in [0, 0.1) is 0 Å². The molecule has 0 spiro atoms. The highest BCUT2D eigenvalue weighted by Gasteiger charge is 2.23. The normalized spacial score (nSPS) is 11.7. The number of rotatable bonds is 6. The Hall–Kier alpha value is -2.85. The summed E-state index contributed by atoms with van der Waals surface area (Å²) >= 11 is 5.93. The molecule has 0 aliphatic heterocycles. The molecule has 0 aromatic heterocycles. The molecule has 0 saturated carbocycles. The highest BCUT2D eigenvalue weighted by molar-refractivity contribution is 7.80. The molecule has 2 N–H and O–H groups in total. The van der Waals surface area contributed by atoms with Crippen LogP contribution in [0.4, 0.5) is 5.69 Å². The van der Waals surface area contributed by atoms with Crippen molar-refractivity contribution in [3.05, 3.63) is 90.0 Å². The van der Waals surface area contributed by atoms with E-state index in [-0.39, 0.29) is 17.4 Å². The molecule has 138 valence electrons. The Labute approximate surface area is 165 Å². The van der Waals surface area contributed by atoms with E-state index in [2.05, 4.69) is 24.0 Å². The lowest BCUT2D eigenvalue weighted by Crippen LogP contribution is -2.34. The van der Waals surface area contributed by atoms with Crippen molar-refractivity contribution in [2.45, 2.75) is 19.3 Å². The number of phenolic OH excluding ortho intramolecular Hbond substituents is 2. The second-order valence-corrected chi connectivity index (χ2v) is 6.85. The summed E-state index contributed by atoms with van der Waals surface area (Å²) in [6.45, 7) is 2.79. The number of hydrogen-bond donors (Lipinski definition) is 2. The first kappa shape index (κ1) is 18.9. The average Bonchev–Trinajstić information content (AvgIpc) is 2.69. The molecule has 0 fully saturated rings. The monoisotopic (exact) mass is 377 g/mol. The van der Waals surface area contributed by atoms with Gasteiger partial charge in [-0.15, -0.1) is 0 Å². The molecule has 3 aromatic carbocycles. The van der Waals surface area contributed by atoms with Crippen molar-refractivity contribution in [3.63, 3.8) is 0 Å². The van der Waals surface area contributed by atoms with E-state index in [1.54, 1.807) is 24.3 Å². The Balaban J connectivity index is 1.95. The second-order valence-electron chi connectivity index (χ2n) is 6.43. The van der Waals surface area contributed by atoms with Gasteiger partial charge in [0.05, 0.1) is 4.99 Å². The number of benzene rings is 3. The Bertz CT molecular complexity index is 877. The van der Waals surface area contributed by atoms with Crippen molar-refractivity contribution < 1.29 is 10.2 Å². The lowest BCUT2D eigenvalue weighted by atomic mass is 9.91. The molecule has 0 aliphatic carbocycles. The van der Waals surface area contributed by atoms with Crippen molar-refractivity contribution in [1.29, 1.82) is 0 Å². The minimum Gasteiger partial charge on any atom is -0.508 e. The fourth-order valence-corrected chi connectivity index (χ4v) is 3.64. The number of thiocarbonyl (C=S) groups is 1. The molecule has 4 heteroatoms. The van der Waals surface area contributed by atoms with E-state index in [9.17, 15) is 10.2 Å². The van der Waals surface area contributed by atoms with Crippen LogP contribution < -0.4 is 4.90 Å². The first-order valence-corrected chi connectivity index (χ1v) is 9.42. The highest BCUT2D eigenvalue weighted by atomic mass is 32.1. The van der Waals surface area contributed by atoms with E-state index in [4.69, 9.17) is 12.2 Å². The minimum absolute atomic E-state index is 0.00301. The Morgan fingerprint density at radius 2 is 1.41 bits per heavy atom. The summed E-state index contributed by atoms with van der Waals surface area (Å²) < 4.78 is 0. The predicted octanol–water partition coefficient (Wildman–Crippen LogP) is 5.28. The summed E-state index contributed by atoms with van der Waals surface area (Å²) in [5.74, 6) is 0.478. The van der Waals surface area contributed by atoms with Crippen LogP contribution in [0.3, 0.4) is 0 Å². The molecule has 0 radical (unpaired) electrons. The number of anilines is 1. The maximum atomic E-state index is 9.66. The van der Waals surface area contributed by atoms with E-state index in [0.29, 0.717) is 0 Å². The van der Waals surface area contributed by atoms with Crippen molar-refractivity contribution >= 4 is 22.9 Å². The van der Waals surface area contributed by atoms with E-state index in [1.165, 1.54) is 5.56 Å². The van der Waals surface area contributed by atoms with Gasteiger partial charge in [-0.2, -0.15) is 0 Å². The Morgan fingerprint density at radius 1 is 0.852 bits per heavy atom. The maximum absolute atomic E-state index is 9.66. The lowest BCUT2D eigenvalue weighted by Gasteiger charge is -2.30. The van der Waals surface area contributed by atoms with E-state index < -0.39 is 0 Å². The van der Waals surface area contributed by atoms with Crippen LogP contribution in [-0.2, 0) is 6.42 Å². The van der Waals surface area contributed by atoms with Gasteiger partial charge in [-0.3, -0.25) is 0 Å². The van der Waals surface area contributed by atoms with Crippen molar-refractivity contribution in [2.75, 3.05) is 11.4 Å². The molecule has 0 bridgehead atoms. The number of aromatic hydroxyl groups is 2. The van der Waals surface area contributed by atoms with Crippen molar-refractivity contribution in [2.24, 2.45) is 0 Å². The zero-order valence-electron chi connectivity index (χ0n) is 15.2. The smallest absolute Gasteiger partial charge is 0.115 e. The van der Waals surface area contributed by atoms with Crippen LogP contribution >= 0.6 is 12.2 Å². The number of likely N-dealkylation sites (N-methyl/N-ethyl adjacent to an activating group) is 1. The summed E-state index contributed by atoms with van der Waals surface area (Å²) in [6.07, 6.45) is 0.777. The van der Waals surface area contributed by atoms with Gasteiger partial charge in [0.2, 0.25) is 0 Å². The Kier molecular flexibility index (Phi) is 6.09. The molecule has 27 heavy (non-hydrogen) atoms. The molecule has 1 atom stereocenters. The van der Waals surface area contributed by atoms with E-state index in [1.807, 2.05) is 42.5 Å². The van der Waals surface area contributed by atoms with Gasteiger partial charge in [0.25, 0.3) is 0 Å². The van der Waals surface area contributed by atoms with Crippen LogP contribution in [-0.4, -0.2) is 21.7 Å². The van der Waals surface area contributed by atoms with Crippen LogP contribution in [0.2, 0.25) is 0 Å². The average molecular weight is 378 g/mol. The van der Waals surface area contributed by atoms with E-state index in [0.717, 1.165) is 29.2 Å². The van der Waals surface area contributed by atoms with Gasteiger partial charge in [-0.25, -0.2) is 0 Å². The second kappa shape index (κ2) is 8.69. The quantitative estimate of drug-likeness (QED) is 0.574. The van der Waals surface area contributed by atoms with Crippen molar-refractivity contribution in [1.82, 2.24) is 0 Å². The minimum atomic E-state index is -0.00301. The van der Waals surface area contributed by atoms with Crippen LogP contribution in [0.1, 0.15) is 24.0 Å². The molecule has 3 rings (SSSR count). The topological polar surface area (TPSA) is 43.7 Å². The third kappa shape index (κ3) is 4.66. The molecule has 0 amide bonds. The fraction of sp³-hybridized carbons (Fsp3) is 0.174. The molecule has 0 aliphatic rings. The summed E-state index contributed by atoms with van der Waals surface area (Å²) in [4.78, 5) is 2.91. The molecular formula is C23H23NO2S. The van der Waals surface area contributed by atoms with Gasteiger partial charge in [0, 0.05) is 18.2 Å². The van der Waals surface area contributed by atoms with Gasteiger partial charge >= 0.3 is 0 Å². The maximum Gasteiger partial charge on any atom is 0.115 e. The van der Waals surface area contributed by atoms with Gasteiger partial charge < -0.3 is 15.1 Å². The molecular weight excluding hydrogens is 354 g/mol. The largest absolute Gasteiger partial charge is 0.508 e. The SMILES string of the molecule is CCN(C(=S)C(Cc1ccccc1)c1ccc(O)cc1)c1ccc(O)cc1. The first-order valence-electron chi connectivity index (χ1n) is 9.01. The first-order chi connectivity index (χ1) is 13.1. The number of hydrogen-bond acceptors (Lipinski definition) is 3. The number of phenols is 2. The predicted molar refractivity (Wildman–Crippen MR) is 115 cm³/mol. The van der Waals surface area contributed by atoms with E-state index >= 15 is 0 Å². The van der Waals surface area contributed by atoms with Crippen LogP contribution in [0.15, 0.2) is 78.9 Å². The third-order valence-corrected chi connectivity index (χ3v) is 5.12. The Morgan fingerprint density at radius 3 is 1.96 bits per heavy atom. The zero-order chi connectivity index (χ0) is 19.2. The third-order valence-electron chi connectivity index (χ3n) is 4.62. The van der Waals surface area contributed by atoms with Gasteiger partial charge in [0.1, 0.15) is 11.5 Å². The van der Waals surface area contributed by atoms with Gasteiger partial charge in [-0.05, 0) is 60.9 Å². The number of nitrogens with zero attached hydrogens (tertiary/aromatic N) is 1. The molecule has 3 aromatic rings. The zero-order valence-corrected chi connectivity index (χ0v) is 16.1. The molecule has 0 heterocycles. The van der Waals surface area contributed by atoms with Crippen molar-refractivity contribution in [3.8, 4) is 11.5 Å². The van der Waals surface area contributed by atoms with Crippen LogP contribution in [0.5, 0.6) is 11.5 Å². The molecule has 3 nitrogen and oxygen atoms in total. The highest BCUT2D eigenvalue weighted by Crippen LogP contribution is 2.29. The summed E-state index contributed by atoms with van der Waals surface area (Å²) in [5.41, 5.74) is 3.23. The van der Waals surface area contributed by atoms with Gasteiger partial charge in [-0.1, -0.05) is 54.7 Å². The fourth-order valence-electron chi connectivity index (χ4n) is 3.19. The van der Waals surface area contributed by atoms with Gasteiger partial charge in [0.15, 0.2) is 0 Å².